The van der Waals surface area contributed by atoms with Gasteiger partial charge in [-0.25, -0.2) is 0 Å². The zero-order valence-corrected chi connectivity index (χ0v) is 5.96. The number of nitrogens with two attached hydrogens (primary N) is 1. The lowest BCUT2D eigenvalue weighted by molar-refractivity contribution is -0.123. The Balaban J connectivity index is 2.39. The van der Waals surface area contributed by atoms with Crippen LogP contribution in [0.4, 0.5) is 0 Å². The van der Waals surface area contributed by atoms with Crippen LogP contribution in [0.1, 0.15) is 6.92 Å². The van der Waals surface area contributed by atoms with E-state index in [1.807, 2.05) is 6.92 Å². The minimum atomic E-state index is -0.341. The van der Waals surface area contributed by atoms with E-state index in [1.165, 1.54) is 0 Å². The Morgan fingerprint density at radius 2 is 2.40 bits per heavy atom. The van der Waals surface area contributed by atoms with Crippen molar-refractivity contribution < 1.29 is 9.53 Å². The smallest absolute Gasteiger partial charge is 0.236 e. The maximum atomic E-state index is 10.6. The van der Waals surface area contributed by atoms with Gasteiger partial charge in [0.15, 0.2) is 0 Å². The van der Waals surface area contributed by atoms with Crippen LogP contribution in [-0.2, 0) is 9.53 Å². The van der Waals surface area contributed by atoms with Crippen LogP contribution in [0, 0.1) is 0 Å². The van der Waals surface area contributed by atoms with Crippen LogP contribution in [0.2, 0.25) is 0 Å². The van der Waals surface area contributed by atoms with Crippen molar-refractivity contribution in [3.63, 3.8) is 0 Å². The molecule has 1 fully saturated rings. The van der Waals surface area contributed by atoms with Crippen LogP contribution in [0.3, 0.4) is 0 Å². The molecule has 1 saturated heterocycles. The van der Waals surface area contributed by atoms with E-state index < -0.39 is 0 Å². The molecule has 4 nitrogen and oxygen atoms in total. The first kappa shape index (κ1) is 7.50. The van der Waals surface area contributed by atoms with Gasteiger partial charge in [-0.05, 0) is 6.92 Å². The van der Waals surface area contributed by atoms with Crippen LogP contribution in [0.25, 0.3) is 0 Å². The summed E-state index contributed by atoms with van der Waals surface area (Å²) in [6, 6.07) is -0.0741. The summed E-state index contributed by atoms with van der Waals surface area (Å²) < 4.78 is 5.09. The number of carbonyl (C=O) groups excluding carboxylic acids is 1. The molecular weight excluding hydrogens is 132 g/mol. The zero-order valence-electron chi connectivity index (χ0n) is 5.96. The molecule has 4 heteroatoms. The molecule has 1 rings (SSSR count). The molecule has 1 amide bonds. The summed E-state index contributed by atoms with van der Waals surface area (Å²) in [5.41, 5.74) is 5.05. The molecule has 2 atom stereocenters. The third kappa shape index (κ3) is 1.68. The largest absolute Gasteiger partial charge is 0.378 e. The Labute approximate surface area is 59.7 Å². The standard InChI is InChI=1S/C6H12N2O2/c1-4-2-10-3-5(8-4)6(7)9/h4-5,8H,2-3H2,1H3,(H2,7,9). The lowest BCUT2D eigenvalue weighted by Gasteiger charge is -2.26. The number of morpholine rings is 1. The predicted octanol–water partition coefficient (Wildman–Crippen LogP) is -1.15. The van der Waals surface area contributed by atoms with Gasteiger partial charge in [0.05, 0.1) is 13.2 Å². The molecule has 10 heavy (non-hydrogen) atoms. The molecule has 3 N–H and O–H groups in total. The monoisotopic (exact) mass is 144 g/mol. The predicted molar refractivity (Wildman–Crippen MR) is 36.4 cm³/mol. The molecule has 0 bridgehead atoms. The SMILES string of the molecule is CC1COCC(C(N)=O)N1. The quantitative estimate of drug-likeness (QED) is 0.488. The Bertz CT molecular complexity index is 138. The number of hydrogen-bond donors (Lipinski definition) is 2. The number of primary amides is 1. The minimum absolute atomic E-state index is 0.228. The van der Waals surface area contributed by atoms with Gasteiger partial charge < -0.3 is 10.5 Å². The topological polar surface area (TPSA) is 64.3 Å². The van der Waals surface area contributed by atoms with E-state index in [4.69, 9.17) is 10.5 Å². The summed E-state index contributed by atoms with van der Waals surface area (Å²) in [6.45, 7) is 3.01. The maximum absolute atomic E-state index is 10.6. The fraction of sp³-hybridized carbons (Fsp3) is 0.833. The summed E-state index contributed by atoms with van der Waals surface area (Å²) in [5, 5.41) is 3.02. The van der Waals surface area contributed by atoms with Crippen molar-refractivity contribution in [1.82, 2.24) is 5.32 Å². The highest BCUT2D eigenvalue weighted by Crippen LogP contribution is 1.97. The van der Waals surface area contributed by atoms with Gasteiger partial charge in [0, 0.05) is 6.04 Å². The highest BCUT2D eigenvalue weighted by molar-refractivity contribution is 5.80. The third-order valence-corrected chi connectivity index (χ3v) is 1.48. The van der Waals surface area contributed by atoms with Gasteiger partial charge in [-0.15, -0.1) is 0 Å². The number of rotatable bonds is 1. The van der Waals surface area contributed by atoms with E-state index in [2.05, 4.69) is 5.32 Å². The van der Waals surface area contributed by atoms with Crippen molar-refractivity contribution in [2.75, 3.05) is 13.2 Å². The summed E-state index contributed by atoms with van der Waals surface area (Å²) in [7, 11) is 0. The summed E-state index contributed by atoms with van der Waals surface area (Å²) in [5.74, 6) is -0.341. The maximum Gasteiger partial charge on any atom is 0.236 e. The van der Waals surface area contributed by atoms with E-state index in [0.717, 1.165) is 0 Å². The highest BCUT2D eigenvalue weighted by atomic mass is 16.5. The molecule has 0 saturated carbocycles. The van der Waals surface area contributed by atoms with Crippen LogP contribution in [-0.4, -0.2) is 31.2 Å². The van der Waals surface area contributed by atoms with Gasteiger partial charge in [-0.3, -0.25) is 10.1 Å². The van der Waals surface area contributed by atoms with Crippen molar-refractivity contribution in [2.24, 2.45) is 5.73 Å². The summed E-state index contributed by atoms with van der Waals surface area (Å²) in [4.78, 5) is 10.6. The summed E-state index contributed by atoms with van der Waals surface area (Å²) >= 11 is 0. The number of carbonyl (C=O) groups is 1. The van der Waals surface area contributed by atoms with Crippen LogP contribution in [0.15, 0.2) is 0 Å². The lowest BCUT2D eigenvalue weighted by Crippen LogP contribution is -2.53. The molecular formula is C6H12N2O2. The highest BCUT2D eigenvalue weighted by Gasteiger charge is 2.21. The Hall–Kier alpha value is -0.610. The second kappa shape index (κ2) is 2.98. The Kier molecular flexibility index (Phi) is 2.24. The first-order valence-electron chi connectivity index (χ1n) is 3.33. The molecule has 58 valence electrons. The van der Waals surface area contributed by atoms with E-state index in [-0.39, 0.29) is 18.0 Å². The zero-order chi connectivity index (χ0) is 7.56. The summed E-state index contributed by atoms with van der Waals surface area (Å²) in [6.07, 6.45) is 0. The molecule has 1 aliphatic heterocycles. The molecule has 0 radical (unpaired) electrons. The number of ether oxygens (including phenoxy) is 1. The second-order valence-electron chi connectivity index (χ2n) is 2.56. The van der Waals surface area contributed by atoms with Gasteiger partial charge in [-0.1, -0.05) is 0 Å². The molecule has 1 aliphatic rings. The number of hydrogen-bond acceptors (Lipinski definition) is 3. The lowest BCUT2D eigenvalue weighted by atomic mass is 10.2. The normalized spacial score (nSPS) is 33.7. The third-order valence-electron chi connectivity index (χ3n) is 1.48. The van der Waals surface area contributed by atoms with E-state index in [1.54, 1.807) is 0 Å². The Morgan fingerprint density at radius 1 is 1.70 bits per heavy atom. The second-order valence-corrected chi connectivity index (χ2v) is 2.56. The van der Waals surface area contributed by atoms with Crippen molar-refractivity contribution >= 4 is 5.91 Å². The fourth-order valence-electron chi connectivity index (χ4n) is 0.967. The number of amides is 1. The molecule has 0 aromatic rings. The van der Waals surface area contributed by atoms with Crippen molar-refractivity contribution in [2.45, 2.75) is 19.0 Å². The first-order valence-corrected chi connectivity index (χ1v) is 3.33. The minimum Gasteiger partial charge on any atom is -0.378 e. The van der Waals surface area contributed by atoms with Crippen molar-refractivity contribution in [3.8, 4) is 0 Å². The van der Waals surface area contributed by atoms with Crippen LogP contribution < -0.4 is 11.1 Å². The van der Waals surface area contributed by atoms with Gasteiger partial charge >= 0.3 is 0 Å². The molecule has 0 aliphatic carbocycles. The van der Waals surface area contributed by atoms with Gasteiger partial charge in [0.25, 0.3) is 0 Å². The average molecular weight is 144 g/mol. The van der Waals surface area contributed by atoms with E-state index in [0.29, 0.717) is 13.2 Å². The van der Waals surface area contributed by atoms with Crippen molar-refractivity contribution in [1.29, 1.82) is 0 Å². The van der Waals surface area contributed by atoms with E-state index >= 15 is 0 Å². The fourth-order valence-corrected chi connectivity index (χ4v) is 0.967. The molecule has 1 heterocycles. The molecule has 0 spiro atoms. The first-order chi connectivity index (χ1) is 4.70. The number of nitrogens with one attached hydrogen (secondary N) is 1. The average Bonchev–Trinajstić information content (AvgIpc) is 1.88. The Morgan fingerprint density at radius 3 is 2.80 bits per heavy atom. The van der Waals surface area contributed by atoms with Gasteiger partial charge in [-0.2, -0.15) is 0 Å². The van der Waals surface area contributed by atoms with Crippen LogP contribution >= 0.6 is 0 Å². The molecule has 0 aromatic carbocycles. The molecule has 2 unspecified atom stereocenters. The van der Waals surface area contributed by atoms with Crippen molar-refractivity contribution in [3.05, 3.63) is 0 Å². The van der Waals surface area contributed by atoms with Crippen LogP contribution in [0.5, 0.6) is 0 Å². The van der Waals surface area contributed by atoms with E-state index in [9.17, 15) is 4.79 Å². The van der Waals surface area contributed by atoms with Gasteiger partial charge in [0.2, 0.25) is 5.91 Å². The van der Waals surface area contributed by atoms with Gasteiger partial charge in [0.1, 0.15) is 6.04 Å². The molecule has 0 aromatic heterocycles.